The maximum absolute atomic E-state index is 12.5. The largest absolute Gasteiger partial charge is 0.390 e. The van der Waals surface area contributed by atoms with Crippen molar-refractivity contribution in [2.24, 2.45) is 17.3 Å². The Balaban J connectivity index is 1.27. The van der Waals surface area contributed by atoms with Crippen LogP contribution in [0.2, 0.25) is 0 Å². The van der Waals surface area contributed by atoms with E-state index in [1.165, 1.54) is 36.8 Å². The highest BCUT2D eigenvalue weighted by Gasteiger charge is 2.52. The van der Waals surface area contributed by atoms with Gasteiger partial charge in [0.2, 0.25) is 5.91 Å². The predicted octanol–water partition coefficient (Wildman–Crippen LogP) is 3.33. The molecule has 4 rings (SSSR count). The standard InChI is InChI=1S/C21H29NO2/c1-15-3-5-16(6-4-15)9-17-7-8-21(10-17)13-22(14-21)19(23)18-11-20(2,24)12-18/h3-6,17-18,24H,7-14H2,1-2H3. The summed E-state index contributed by atoms with van der Waals surface area (Å²) in [5, 5.41) is 9.83. The molecule has 1 amide bonds. The summed E-state index contributed by atoms with van der Waals surface area (Å²) in [6, 6.07) is 8.94. The molecule has 1 aliphatic heterocycles. The van der Waals surface area contributed by atoms with Crippen LogP contribution < -0.4 is 0 Å². The number of likely N-dealkylation sites (tertiary alicyclic amines) is 1. The van der Waals surface area contributed by atoms with E-state index < -0.39 is 5.60 Å². The molecule has 3 nitrogen and oxygen atoms in total. The highest BCUT2D eigenvalue weighted by atomic mass is 16.3. The highest BCUT2D eigenvalue weighted by Crippen LogP contribution is 2.50. The molecule has 0 aromatic heterocycles. The Morgan fingerprint density at radius 1 is 1.21 bits per heavy atom. The van der Waals surface area contributed by atoms with Gasteiger partial charge in [-0.2, -0.15) is 0 Å². The first-order valence-electron chi connectivity index (χ1n) is 9.41. The summed E-state index contributed by atoms with van der Waals surface area (Å²) in [6.07, 6.45) is 6.31. The quantitative estimate of drug-likeness (QED) is 0.925. The van der Waals surface area contributed by atoms with Gasteiger partial charge in [0.1, 0.15) is 0 Å². The third-order valence-corrected chi connectivity index (χ3v) is 6.54. The number of rotatable bonds is 3. The lowest BCUT2D eigenvalue weighted by atomic mass is 9.69. The Bertz CT molecular complexity index is 620. The van der Waals surface area contributed by atoms with Crippen molar-refractivity contribution in [2.75, 3.05) is 13.1 Å². The molecule has 1 atom stereocenters. The van der Waals surface area contributed by atoms with E-state index in [0.717, 1.165) is 19.0 Å². The Hall–Kier alpha value is -1.35. The number of carbonyl (C=O) groups excluding carboxylic acids is 1. The van der Waals surface area contributed by atoms with E-state index in [1.54, 1.807) is 0 Å². The third kappa shape index (κ3) is 2.99. The molecule has 1 aromatic carbocycles. The Morgan fingerprint density at radius 3 is 2.50 bits per heavy atom. The Morgan fingerprint density at radius 2 is 1.88 bits per heavy atom. The third-order valence-electron chi connectivity index (χ3n) is 6.54. The molecule has 3 fully saturated rings. The molecule has 1 heterocycles. The maximum atomic E-state index is 12.5. The van der Waals surface area contributed by atoms with Gasteiger partial charge >= 0.3 is 0 Å². The Kier molecular flexibility index (Phi) is 3.76. The number of benzene rings is 1. The highest BCUT2D eigenvalue weighted by molar-refractivity contribution is 5.81. The number of carbonyl (C=O) groups is 1. The minimum absolute atomic E-state index is 0.0714. The summed E-state index contributed by atoms with van der Waals surface area (Å²) in [4.78, 5) is 14.5. The monoisotopic (exact) mass is 327 g/mol. The second kappa shape index (κ2) is 5.59. The summed E-state index contributed by atoms with van der Waals surface area (Å²) in [7, 11) is 0. The van der Waals surface area contributed by atoms with Gasteiger partial charge in [-0.25, -0.2) is 0 Å². The molecule has 1 unspecified atom stereocenters. The van der Waals surface area contributed by atoms with Gasteiger partial charge in [-0.1, -0.05) is 29.8 Å². The zero-order valence-electron chi connectivity index (χ0n) is 14.9. The summed E-state index contributed by atoms with van der Waals surface area (Å²) in [5.41, 5.74) is 2.57. The van der Waals surface area contributed by atoms with Crippen LogP contribution in [0, 0.1) is 24.2 Å². The topological polar surface area (TPSA) is 40.5 Å². The molecule has 3 heteroatoms. The van der Waals surface area contributed by atoms with E-state index in [2.05, 4.69) is 31.2 Å². The zero-order chi connectivity index (χ0) is 16.9. The van der Waals surface area contributed by atoms with Crippen molar-refractivity contribution in [1.82, 2.24) is 4.90 Å². The van der Waals surface area contributed by atoms with Crippen molar-refractivity contribution < 1.29 is 9.90 Å². The van der Waals surface area contributed by atoms with Crippen molar-refractivity contribution in [1.29, 1.82) is 0 Å². The number of nitrogens with zero attached hydrogens (tertiary/aromatic N) is 1. The van der Waals surface area contributed by atoms with Crippen molar-refractivity contribution in [2.45, 2.75) is 58.0 Å². The molecule has 130 valence electrons. The van der Waals surface area contributed by atoms with Crippen LogP contribution in [0.15, 0.2) is 24.3 Å². The average molecular weight is 327 g/mol. The molecule has 2 aliphatic carbocycles. The molecular formula is C21H29NO2. The average Bonchev–Trinajstić information content (AvgIpc) is 2.89. The minimum Gasteiger partial charge on any atom is -0.390 e. The van der Waals surface area contributed by atoms with E-state index >= 15 is 0 Å². The van der Waals surface area contributed by atoms with Gasteiger partial charge in [0, 0.05) is 24.4 Å². The van der Waals surface area contributed by atoms with Crippen LogP contribution in [0.5, 0.6) is 0 Å². The van der Waals surface area contributed by atoms with Gasteiger partial charge < -0.3 is 10.0 Å². The molecule has 3 aliphatic rings. The molecule has 24 heavy (non-hydrogen) atoms. The second-order valence-corrected chi connectivity index (χ2v) is 9.09. The molecule has 1 N–H and O–H groups in total. The van der Waals surface area contributed by atoms with Crippen LogP contribution in [0.3, 0.4) is 0 Å². The number of hydrogen-bond acceptors (Lipinski definition) is 2. The minimum atomic E-state index is -0.602. The molecule has 2 saturated carbocycles. The van der Waals surface area contributed by atoms with Crippen LogP contribution >= 0.6 is 0 Å². The van der Waals surface area contributed by atoms with E-state index in [0.29, 0.717) is 18.3 Å². The number of amides is 1. The van der Waals surface area contributed by atoms with Crippen LogP contribution in [0.25, 0.3) is 0 Å². The fourth-order valence-corrected chi connectivity index (χ4v) is 5.20. The first-order chi connectivity index (χ1) is 11.3. The van der Waals surface area contributed by atoms with Crippen LogP contribution in [-0.4, -0.2) is 34.6 Å². The summed E-state index contributed by atoms with van der Waals surface area (Å²) in [6.45, 7) is 5.88. The molecule has 0 radical (unpaired) electrons. The van der Waals surface area contributed by atoms with Crippen LogP contribution in [0.4, 0.5) is 0 Å². The summed E-state index contributed by atoms with van der Waals surface area (Å²) >= 11 is 0. The lowest BCUT2D eigenvalue weighted by molar-refractivity contribution is -0.161. The summed E-state index contributed by atoms with van der Waals surface area (Å²) < 4.78 is 0. The van der Waals surface area contributed by atoms with Gasteiger partial charge in [-0.05, 0) is 63.9 Å². The lowest BCUT2D eigenvalue weighted by Gasteiger charge is -2.52. The molecule has 1 aromatic rings. The zero-order valence-corrected chi connectivity index (χ0v) is 14.9. The number of aryl methyl sites for hydroxylation is 1. The van der Waals surface area contributed by atoms with E-state index in [1.807, 2.05) is 11.8 Å². The number of hydrogen-bond donors (Lipinski definition) is 1. The van der Waals surface area contributed by atoms with E-state index in [-0.39, 0.29) is 11.8 Å². The predicted molar refractivity (Wildman–Crippen MR) is 94.6 cm³/mol. The van der Waals surface area contributed by atoms with Gasteiger partial charge in [0.25, 0.3) is 0 Å². The van der Waals surface area contributed by atoms with Gasteiger partial charge in [-0.3, -0.25) is 4.79 Å². The SMILES string of the molecule is Cc1ccc(CC2CCC3(C2)CN(C(=O)C2CC(C)(O)C2)C3)cc1. The van der Waals surface area contributed by atoms with Crippen LogP contribution in [-0.2, 0) is 11.2 Å². The molecule has 1 spiro atoms. The van der Waals surface area contributed by atoms with Crippen molar-refractivity contribution in [3.8, 4) is 0 Å². The summed E-state index contributed by atoms with van der Waals surface area (Å²) in [5.74, 6) is 1.13. The number of aliphatic hydroxyl groups is 1. The van der Waals surface area contributed by atoms with Gasteiger partial charge in [-0.15, -0.1) is 0 Å². The van der Waals surface area contributed by atoms with Gasteiger partial charge in [0.15, 0.2) is 0 Å². The fourth-order valence-electron chi connectivity index (χ4n) is 5.20. The van der Waals surface area contributed by atoms with Crippen LogP contribution in [0.1, 0.15) is 50.2 Å². The normalized spacial score (nSPS) is 34.0. The Labute approximate surface area is 145 Å². The first-order valence-corrected chi connectivity index (χ1v) is 9.41. The molecular weight excluding hydrogens is 298 g/mol. The fraction of sp³-hybridized carbons (Fsp3) is 0.667. The van der Waals surface area contributed by atoms with E-state index in [4.69, 9.17) is 0 Å². The molecule has 0 bridgehead atoms. The second-order valence-electron chi connectivity index (χ2n) is 9.09. The van der Waals surface area contributed by atoms with Crippen molar-refractivity contribution in [3.63, 3.8) is 0 Å². The van der Waals surface area contributed by atoms with E-state index in [9.17, 15) is 9.90 Å². The van der Waals surface area contributed by atoms with Crippen molar-refractivity contribution >= 4 is 5.91 Å². The van der Waals surface area contributed by atoms with Gasteiger partial charge in [0.05, 0.1) is 5.60 Å². The molecule has 1 saturated heterocycles. The maximum Gasteiger partial charge on any atom is 0.225 e. The van der Waals surface area contributed by atoms with Crippen molar-refractivity contribution in [3.05, 3.63) is 35.4 Å². The lowest BCUT2D eigenvalue weighted by Crippen LogP contribution is -2.61. The first kappa shape index (κ1) is 16.1. The smallest absolute Gasteiger partial charge is 0.225 e.